The molecule has 3 nitrogen and oxygen atoms in total. The van der Waals surface area contributed by atoms with Crippen LogP contribution in [0.5, 0.6) is 0 Å². The molecule has 2 aromatic carbocycles. The summed E-state index contributed by atoms with van der Waals surface area (Å²) >= 11 is 0. The average Bonchev–Trinajstić information content (AvgIpc) is 2.64. The third kappa shape index (κ3) is 4.23. The molecule has 4 heteroatoms. The second-order valence-electron chi connectivity index (χ2n) is 9.53. The van der Waals surface area contributed by atoms with E-state index >= 15 is 0 Å². The molecule has 0 bridgehead atoms. The molecule has 0 heterocycles. The molecule has 2 atom stereocenters. The van der Waals surface area contributed by atoms with Gasteiger partial charge in [0.25, 0.3) is 0 Å². The molecular weight excluding hydrogens is 391 g/mol. The van der Waals surface area contributed by atoms with Gasteiger partial charge in [-0.15, -0.1) is 0 Å². The van der Waals surface area contributed by atoms with E-state index in [1.807, 2.05) is 65.0 Å². The predicted molar refractivity (Wildman–Crippen MR) is 127 cm³/mol. The highest BCUT2D eigenvalue weighted by Crippen LogP contribution is 2.58. The maximum atomic E-state index is 14.3. The van der Waals surface area contributed by atoms with Gasteiger partial charge in [0, 0.05) is 16.8 Å². The van der Waals surface area contributed by atoms with Crippen molar-refractivity contribution >= 4 is 18.2 Å². The quantitative estimate of drug-likeness (QED) is 0.453. The molecule has 0 amide bonds. The Hall–Kier alpha value is -1.99. The molecule has 0 fully saturated rings. The first-order valence-corrected chi connectivity index (χ1v) is 12.4. The standard InChI is InChI=1S/C26H35O3P/c1-10-20(6)30(29,24(27)22-16(2)12-11-13-17(22)3)25(28)23-18(4)14-21(15-19(23)5)26(7,8)9/h11-15,20H,10H2,1-9H3. The van der Waals surface area contributed by atoms with Crippen LogP contribution in [0.3, 0.4) is 0 Å². The molecule has 2 aromatic rings. The fourth-order valence-corrected chi connectivity index (χ4v) is 6.84. The van der Waals surface area contributed by atoms with Crippen LogP contribution in [0.4, 0.5) is 0 Å². The summed E-state index contributed by atoms with van der Waals surface area (Å²) in [5.41, 5.74) is 3.47. The number of carbonyl (C=O) groups excluding carboxylic acids is 2. The smallest absolute Gasteiger partial charge is 0.229 e. The van der Waals surface area contributed by atoms with Gasteiger partial charge < -0.3 is 4.57 Å². The van der Waals surface area contributed by atoms with Crippen molar-refractivity contribution in [2.45, 2.75) is 79.8 Å². The first kappa shape index (κ1) is 24.3. The van der Waals surface area contributed by atoms with Crippen molar-refractivity contribution < 1.29 is 14.2 Å². The van der Waals surface area contributed by atoms with Gasteiger partial charge >= 0.3 is 0 Å². The number of rotatable bonds is 6. The zero-order chi connectivity index (χ0) is 23.0. The zero-order valence-corrected chi connectivity index (χ0v) is 20.7. The maximum absolute atomic E-state index is 14.3. The van der Waals surface area contributed by atoms with Crippen LogP contribution in [0, 0.1) is 27.7 Å². The molecule has 0 aliphatic carbocycles. The Morgan fingerprint density at radius 2 is 1.27 bits per heavy atom. The monoisotopic (exact) mass is 426 g/mol. The minimum Gasteiger partial charge on any atom is -0.306 e. The van der Waals surface area contributed by atoms with Gasteiger partial charge in [-0.2, -0.15) is 0 Å². The molecule has 0 aliphatic rings. The second-order valence-corrected chi connectivity index (χ2v) is 12.5. The third-order valence-corrected chi connectivity index (χ3v) is 9.38. The average molecular weight is 427 g/mol. The van der Waals surface area contributed by atoms with Crippen molar-refractivity contribution in [3.8, 4) is 0 Å². The summed E-state index contributed by atoms with van der Waals surface area (Å²) in [4.78, 5) is 27.5. The molecule has 0 spiro atoms. The number of hydrogen-bond acceptors (Lipinski definition) is 3. The van der Waals surface area contributed by atoms with E-state index in [9.17, 15) is 14.2 Å². The van der Waals surface area contributed by atoms with Crippen molar-refractivity contribution in [1.82, 2.24) is 0 Å². The fraction of sp³-hybridized carbons (Fsp3) is 0.462. The van der Waals surface area contributed by atoms with Gasteiger partial charge in [0.05, 0.1) is 0 Å². The molecule has 0 saturated heterocycles. The summed E-state index contributed by atoms with van der Waals surface area (Å²) < 4.78 is 14.3. The molecule has 0 aromatic heterocycles. The Morgan fingerprint density at radius 1 is 0.867 bits per heavy atom. The Labute approximate surface area is 181 Å². The van der Waals surface area contributed by atoms with Gasteiger partial charge in [0.15, 0.2) is 0 Å². The van der Waals surface area contributed by atoms with E-state index in [-0.39, 0.29) is 5.41 Å². The lowest BCUT2D eigenvalue weighted by molar-refractivity contribution is 0.103. The van der Waals surface area contributed by atoms with Gasteiger partial charge in [-0.05, 0) is 67.3 Å². The van der Waals surface area contributed by atoms with Crippen molar-refractivity contribution in [3.05, 3.63) is 69.3 Å². The highest BCUT2D eigenvalue weighted by molar-refractivity contribution is 7.95. The second kappa shape index (κ2) is 8.63. The first-order chi connectivity index (χ1) is 13.8. The lowest BCUT2D eigenvalue weighted by Gasteiger charge is -2.26. The van der Waals surface area contributed by atoms with E-state index in [1.54, 1.807) is 6.92 Å². The normalized spacial score (nSPS) is 14.8. The van der Waals surface area contributed by atoms with Crippen LogP contribution in [0.15, 0.2) is 30.3 Å². The van der Waals surface area contributed by atoms with Crippen LogP contribution in [0.1, 0.15) is 89.6 Å². The topological polar surface area (TPSA) is 51.2 Å². The fourth-order valence-electron chi connectivity index (χ4n) is 3.97. The summed E-state index contributed by atoms with van der Waals surface area (Å²) in [5, 5.41) is 0. The minimum absolute atomic E-state index is 0.0639. The third-order valence-electron chi connectivity index (χ3n) is 6.12. The van der Waals surface area contributed by atoms with E-state index in [1.165, 1.54) is 0 Å². The number of hydrogen-bond donors (Lipinski definition) is 0. The van der Waals surface area contributed by atoms with Crippen LogP contribution in [0.2, 0.25) is 0 Å². The van der Waals surface area contributed by atoms with E-state index in [2.05, 4.69) is 20.8 Å². The van der Waals surface area contributed by atoms with Gasteiger partial charge in [-0.3, -0.25) is 9.59 Å². The van der Waals surface area contributed by atoms with Crippen LogP contribution in [-0.2, 0) is 9.98 Å². The van der Waals surface area contributed by atoms with Gasteiger partial charge in [-0.25, -0.2) is 0 Å². The van der Waals surface area contributed by atoms with Crippen LogP contribution in [-0.4, -0.2) is 16.7 Å². The Morgan fingerprint density at radius 3 is 1.63 bits per heavy atom. The molecule has 0 N–H and O–H groups in total. The van der Waals surface area contributed by atoms with Crippen molar-refractivity contribution in [2.75, 3.05) is 0 Å². The van der Waals surface area contributed by atoms with Crippen molar-refractivity contribution in [3.63, 3.8) is 0 Å². The Kier molecular flexibility index (Phi) is 6.99. The van der Waals surface area contributed by atoms with Crippen molar-refractivity contribution in [1.29, 1.82) is 0 Å². The maximum Gasteiger partial charge on any atom is 0.229 e. The molecule has 162 valence electrons. The largest absolute Gasteiger partial charge is 0.306 e. The number of benzene rings is 2. The lowest BCUT2D eigenvalue weighted by atomic mass is 9.84. The summed E-state index contributed by atoms with van der Waals surface area (Å²) in [6, 6.07) is 9.52. The van der Waals surface area contributed by atoms with Crippen molar-refractivity contribution in [2.24, 2.45) is 0 Å². The molecular formula is C26H35O3P. The summed E-state index contributed by atoms with van der Waals surface area (Å²) in [5.74, 6) is 0. The van der Waals surface area contributed by atoms with Crippen LogP contribution in [0.25, 0.3) is 0 Å². The summed E-state index contributed by atoms with van der Waals surface area (Å²) in [6.45, 7) is 17.4. The molecule has 2 unspecified atom stereocenters. The minimum atomic E-state index is -3.88. The number of aryl methyl sites for hydroxylation is 4. The van der Waals surface area contributed by atoms with Crippen LogP contribution >= 0.6 is 7.14 Å². The summed E-state index contributed by atoms with van der Waals surface area (Å²) in [6.07, 6.45) is 0.498. The molecule has 0 saturated carbocycles. The first-order valence-electron chi connectivity index (χ1n) is 10.6. The highest BCUT2D eigenvalue weighted by Gasteiger charge is 2.46. The summed E-state index contributed by atoms with van der Waals surface area (Å²) in [7, 11) is -3.88. The predicted octanol–water partition coefficient (Wildman–Crippen LogP) is 7.36. The van der Waals surface area contributed by atoms with E-state index < -0.39 is 23.8 Å². The molecule has 0 radical (unpaired) electrons. The van der Waals surface area contributed by atoms with Gasteiger partial charge in [-0.1, -0.05) is 65.0 Å². The van der Waals surface area contributed by atoms with E-state index in [4.69, 9.17) is 0 Å². The van der Waals surface area contributed by atoms with Crippen LogP contribution < -0.4 is 0 Å². The highest BCUT2D eigenvalue weighted by atomic mass is 31.2. The molecule has 2 rings (SSSR count). The van der Waals surface area contributed by atoms with Gasteiger partial charge in [0.1, 0.15) is 0 Å². The Balaban J connectivity index is 2.73. The Bertz CT molecular complexity index is 997. The van der Waals surface area contributed by atoms with Gasteiger partial charge in [0.2, 0.25) is 18.2 Å². The lowest BCUT2D eigenvalue weighted by Crippen LogP contribution is -2.22. The molecule has 30 heavy (non-hydrogen) atoms. The SMILES string of the molecule is CCC(C)P(=O)(C(=O)c1c(C)cccc1C)C(=O)c1c(C)cc(C(C)(C)C)cc1C. The zero-order valence-electron chi connectivity index (χ0n) is 19.8. The van der Waals surface area contributed by atoms with E-state index in [0.717, 1.165) is 27.8 Å². The molecule has 0 aliphatic heterocycles. The number of carbonyl (C=O) groups is 2. The van der Waals surface area contributed by atoms with E-state index in [0.29, 0.717) is 17.5 Å².